The number of aryl methyl sites for hydroxylation is 1. The Balaban J connectivity index is 1.59. The number of carbonyl (C=O) groups is 2. The van der Waals surface area contributed by atoms with Crippen LogP contribution in [-0.2, 0) is 14.6 Å². The van der Waals surface area contributed by atoms with Gasteiger partial charge in [-0.2, -0.15) is 0 Å². The molecule has 2 heterocycles. The molecule has 10 nitrogen and oxygen atoms in total. The van der Waals surface area contributed by atoms with Gasteiger partial charge in [0.25, 0.3) is 17.5 Å². The number of amides is 2. The van der Waals surface area contributed by atoms with Crippen LogP contribution in [0.2, 0.25) is 0 Å². The molecule has 0 bridgehead atoms. The normalized spacial score (nSPS) is 16.9. The molecule has 1 saturated heterocycles. The predicted molar refractivity (Wildman–Crippen MR) is 133 cm³/mol. The molecule has 2 N–H and O–H groups in total. The van der Waals surface area contributed by atoms with E-state index in [1.807, 2.05) is 6.92 Å². The third-order valence-corrected chi connectivity index (χ3v) is 7.42. The smallest absolute Gasteiger partial charge is 0.269 e. The van der Waals surface area contributed by atoms with Gasteiger partial charge >= 0.3 is 0 Å². The number of furan rings is 1. The number of rotatable bonds is 7. The van der Waals surface area contributed by atoms with E-state index in [2.05, 4.69) is 10.6 Å². The molecule has 2 amide bonds. The van der Waals surface area contributed by atoms with Crippen LogP contribution in [0.15, 0.2) is 70.8 Å². The molecule has 36 heavy (non-hydrogen) atoms. The van der Waals surface area contributed by atoms with Crippen LogP contribution in [0.3, 0.4) is 0 Å². The average Bonchev–Trinajstić information content (AvgIpc) is 3.44. The number of nitrogens with one attached hydrogen (secondary N) is 2. The monoisotopic (exact) mass is 509 g/mol. The number of carbonyl (C=O) groups excluding carboxylic acids is 2. The number of hydrogen-bond donors (Lipinski definition) is 2. The number of sulfone groups is 1. The van der Waals surface area contributed by atoms with E-state index in [1.54, 1.807) is 36.4 Å². The van der Waals surface area contributed by atoms with Crippen LogP contribution in [0.5, 0.6) is 0 Å². The summed E-state index contributed by atoms with van der Waals surface area (Å²) in [5.74, 6) is -0.685. The van der Waals surface area contributed by atoms with Gasteiger partial charge in [0.1, 0.15) is 17.2 Å². The SMILES string of the molecule is Cc1ccc(C(=O)N/C(=C/c2ccc(-c3ccc([N+](=O)[O-])cc3)o2)C(=O)N[C@H]2CCS(=O)(=O)C2)cc1. The molecule has 0 unspecified atom stereocenters. The van der Waals surface area contributed by atoms with Gasteiger partial charge in [-0.05, 0) is 49.7 Å². The van der Waals surface area contributed by atoms with E-state index in [4.69, 9.17) is 4.42 Å². The Bertz CT molecular complexity index is 1440. The van der Waals surface area contributed by atoms with Crippen LogP contribution < -0.4 is 10.6 Å². The number of non-ortho nitro benzene ring substituents is 1. The number of nitrogens with zero attached hydrogens (tertiary/aromatic N) is 1. The third-order valence-electron chi connectivity index (χ3n) is 5.65. The third kappa shape index (κ3) is 6.05. The summed E-state index contributed by atoms with van der Waals surface area (Å²) in [7, 11) is -3.21. The van der Waals surface area contributed by atoms with Gasteiger partial charge in [-0.1, -0.05) is 17.7 Å². The maximum absolute atomic E-state index is 13.0. The lowest BCUT2D eigenvalue weighted by molar-refractivity contribution is -0.384. The Hall–Kier alpha value is -4.25. The van der Waals surface area contributed by atoms with E-state index in [-0.39, 0.29) is 35.1 Å². The van der Waals surface area contributed by atoms with Gasteiger partial charge in [-0.15, -0.1) is 0 Å². The first kappa shape index (κ1) is 24.9. The highest BCUT2D eigenvalue weighted by atomic mass is 32.2. The number of hydrogen-bond acceptors (Lipinski definition) is 7. The van der Waals surface area contributed by atoms with Gasteiger partial charge in [0, 0.05) is 35.4 Å². The summed E-state index contributed by atoms with van der Waals surface area (Å²) < 4.78 is 29.3. The highest BCUT2D eigenvalue weighted by Gasteiger charge is 2.30. The first-order chi connectivity index (χ1) is 17.1. The molecule has 0 spiro atoms. The van der Waals surface area contributed by atoms with E-state index in [0.29, 0.717) is 16.9 Å². The minimum Gasteiger partial charge on any atom is -0.457 e. The second-order valence-corrected chi connectivity index (χ2v) is 10.7. The summed E-state index contributed by atoms with van der Waals surface area (Å²) in [5, 5.41) is 16.1. The molecule has 1 atom stereocenters. The Morgan fingerprint density at radius 1 is 1.06 bits per heavy atom. The van der Waals surface area contributed by atoms with Crippen LogP contribution in [0.25, 0.3) is 17.4 Å². The topological polar surface area (TPSA) is 149 Å². The number of nitro groups is 1. The summed E-state index contributed by atoms with van der Waals surface area (Å²) in [6, 6.07) is 15.2. The molecule has 1 aliphatic rings. The van der Waals surface area contributed by atoms with Gasteiger partial charge in [0.15, 0.2) is 9.84 Å². The van der Waals surface area contributed by atoms with Crippen molar-refractivity contribution in [3.63, 3.8) is 0 Å². The van der Waals surface area contributed by atoms with Gasteiger partial charge in [-0.3, -0.25) is 19.7 Å². The van der Waals surface area contributed by atoms with Gasteiger partial charge in [0.05, 0.1) is 16.4 Å². The molecular formula is C25H23N3O7S. The first-order valence-corrected chi connectivity index (χ1v) is 12.9. The van der Waals surface area contributed by atoms with Crippen LogP contribution in [0.4, 0.5) is 5.69 Å². The van der Waals surface area contributed by atoms with Crippen molar-refractivity contribution < 1.29 is 27.3 Å². The van der Waals surface area contributed by atoms with Gasteiger partial charge in [-0.25, -0.2) is 8.42 Å². The van der Waals surface area contributed by atoms with Crippen LogP contribution in [0, 0.1) is 17.0 Å². The zero-order chi connectivity index (χ0) is 25.9. The molecule has 1 aromatic heterocycles. The Morgan fingerprint density at radius 2 is 1.75 bits per heavy atom. The van der Waals surface area contributed by atoms with Gasteiger partial charge < -0.3 is 15.1 Å². The highest BCUT2D eigenvalue weighted by Crippen LogP contribution is 2.25. The standard InChI is InChI=1S/C25H23N3O7S/c1-16-2-4-18(5-3-16)24(29)27-22(25(30)26-19-12-13-36(33,34)15-19)14-21-10-11-23(35-21)17-6-8-20(9-7-17)28(31)32/h2-11,14,19H,12-13,15H2,1H3,(H,26,30)(H,27,29)/b22-14+/t19-/m0/s1. The molecule has 4 rings (SSSR count). The van der Waals surface area contributed by atoms with Crippen molar-refractivity contribution in [3.8, 4) is 11.3 Å². The Morgan fingerprint density at radius 3 is 2.36 bits per heavy atom. The summed E-state index contributed by atoms with van der Waals surface area (Å²) in [4.78, 5) is 36.2. The molecule has 186 valence electrons. The second-order valence-electron chi connectivity index (χ2n) is 8.46. The Labute approximate surface area is 207 Å². The largest absolute Gasteiger partial charge is 0.457 e. The lowest BCUT2D eigenvalue weighted by Gasteiger charge is -2.14. The molecule has 2 aromatic carbocycles. The van der Waals surface area contributed by atoms with E-state index >= 15 is 0 Å². The molecule has 11 heteroatoms. The van der Waals surface area contributed by atoms with E-state index in [0.717, 1.165) is 5.56 Å². The molecule has 3 aromatic rings. The summed E-state index contributed by atoms with van der Waals surface area (Å²) >= 11 is 0. The van der Waals surface area contributed by atoms with Crippen LogP contribution >= 0.6 is 0 Å². The fraction of sp³-hybridized carbons (Fsp3) is 0.200. The van der Waals surface area contributed by atoms with Crippen LogP contribution in [-0.4, -0.2) is 42.7 Å². The van der Waals surface area contributed by atoms with E-state index < -0.39 is 32.6 Å². The fourth-order valence-corrected chi connectivity index (χ4v) is 5.38. The molecule has 0 radical (unpaired) electrons. The number of benzene rings is 2. The van der Waals surface area contributed by atoms with Crippen molar-refractivity contribution in [2.45, 2.75) is 19.4 Å². The van der Waals surface area contributed by atoms with Crippen molar-refractivity contribution in [2.24, 2.45) is 0 Å². The van der Waals surface area contributed by atoms with Crippen molar-refractivity contribution in [3.05, 3.63) is 93.4 Å². The molecule has 0 aliphatic carbocycles. The van der Waals surface area contributed by atoms with Crippen molar-refractivity contribution >= 4 is 33.4 Å². The minimum atomic E-state index is -3.21. The lowest BCUT2D eigenvalue weighted by Crippen LogP contribution is -2.41. The van der Waals surface area contributed by atoms with Gasteiger partial charge in [0.2, 0.25) is 0 Å². The zero-order valence-electron chi connectivity index (χ0n) is 19.3. The molecular weight excluding hydrogens is 486 g/mol. The molecule has 1 aliphatic heterocycles. The van der Waals surface area contributed by atoms with Crippen LogP contribution in [0.1, 0.15) is 28.1 Å². The molecule has 0 saturated carbocycles. The van der Waals surface area contributed by atoms with E-state index in [1.165, 1.54) is 30.3 Å². The summed E-state index contributed by atoms with van der Waals surface area (Å²) in [5.41, 5.74) is 1.73. The maximum atomic E-state index is 13.0. The summed E-state index contributed by atoms with van der Waals surface area (Å²) in [6.45, 7) is 1.88. The quantitative estimate of drug-likeness (QED) is 0.282. The van der Waals surface area contributed by atoms with Crippen molar-refractivity contribution in [1.82, 2.24) is 10.6 Å². The predicted octanol–water partition coefficient (Wildman–Crippen LogP) is 3.24. The number of nitro benzene ring substituents is 1. The maximum Gasteiger partial charge on any atom is 0.269 e. The first-order valence-electron chi connectivity index (χ1n) is 11.1. The average molecular weight is 510 g/mol. The Kier molecular flexibility index (Phi) is 7.02. The fourth-order valence-electron chi connectivity index (χ4n) is 3.71. The van der Waals surface area contributed by atoms with Crippen molar-refractivity contribution in [1.29, 1.82) is 0 Å². The lowest BCUT2D eigenvalue weighted by atomic mass is 10.1. The molecule has 1 fully saturated rings. The highest BCUT2D eigenvalue weighted by molar-refractivity contribution is 7.91. The van der Waals surface area contributed by atoms with E-state index in [9.17, 15) is 28.1 Å². The summed E-state index contributed by atoms with van der Waals surface area (Å²) in [6.07, 6.45) is 1.64. The minimum absolute atomic E-state index is 0.0104. The second kappa shape index (κ2) is 10.2. The van der Waals surface area contributed by atoms with Crippen molar-refractivity contribution in [2.75, 3.05) is 11.5 Å². The zero-order valence-corrected chi connectivity index (χ0v) is 20.1.